The predicted octanol–water partition coefficient (Wildman–Crippen LogP) is 2.95. The summed E-state index contributed by atoms with van der Waals surface area (Å²) in [6.45, 7) is 4.23. The molecule has 2 nitrogen and oxygen atoms in total. The number of hydrogen-bond acceptors (Lipinski definition) is 1. The molecule has 2 heteroatoms. The van der Waals surface area contributed by atoms with Gasteiger partial charge in [0.2, 0.25) is 5.91 Å². The van der Waals surface area contributed by atoms with Crippen LogP contribution in [0.2, 0.25) is 0 Å². The van der Waals surface area contributed by atoms with Crippen molar-refractivity contribution in [2.75, 3.05) is 0 Å². The molecule has 0 bridgehead atoms. The second kappa shape index (κ2) is 3.59. The van der Waals surface area contributed by atoms with Crippen molar-refractivity contribution in [1.82, 2.24) is 5.32 Å². The van der Waals surface area contributed by atoms with Gasteiger partial charge in [-0.2, -0.15) is 0 Å². The van der Waals surface area contributed by atoms with Gasteiger partial charge < -0.3 is 5.32 Å². The molecule has 3 rings (SSSR count). The molecule has 1 heterocycles. The molecular formula is C15H19NO. The van der Waals surface area contributed by atoms with E-state index in [-0.39, 0.29) is 11.4 Å². The molecule has 17 heavy (non-hydrogen) atoms. The second-order valence-electron chi connectivity index (χ2n) is 5.97. The van der Waals surface area contributed by atoms with Crippen LogP contribution in [-0.2, 0) is 4.79 Å². The average molecular weight is 229 g/mol. The lowest BCUT2D eigenvalue weighted by atomic mass is 9.82. The monoisotopic (exact) mass is 229 g/mol. The summed E-state index contributed by atoms with van der Waals surface area (Å²) in [5, 5.41) is 3.07. The number of benzene rings is 1. The van der Waals surface area contributed by atoms with E-state index in [1.54, 1.807) is 0 Å². The Bertz CT molecular complexity index is 460. The number of carbonyl (C=O) groups excluding carboxylic acids is 1. The highest BCUT2D eigenvalue weighted by molar-refractivity contribution is 5.81. The van der Waals surface area contributed by atoms with Crippen LogP contribution in [0.1, 0.15) is 56.1 Å². The maximum atomic E-state index is 11.6. The first-order valence-corrected chi connectivity index (χ1v) is 6.47. The van der Waals surface area contributed by atoms with E-state index in [4.69, 9.17) is 0 Å². The molecule has 1 unspecified atom stereocenters. The topological polar surface area (TPSA) is 29.1 Å². The summed E-state index contributed by atoms with van der Waals surface area (Å²) in [6.07, 6.45) is 3.28. The molecule has 1 saturated carbocycles. The number of carbonyl (C=O) groups is 1. The quantitative estimate of drug-likeness (QED) is 0.830. The third-order valence-electron chi connectivity index (χ3n) is 4.08. The van der Waals surface area contributed by atoms with Crippen LogP contribution >= 0.6 is 0 Å². The van der Waals surface area contributed by atoms with E-state index < -0.39 is 0 Å². The summed E-state index contributed by atoms with van der Waals surface area (Å²) in [7, 11) is 0. The zero-order valence-electron chi connectivity index (χ0n) is 10.5. The van der Waals surface area contributed by atoms with Gasteiger partial charge in [-0.25, -0.2) is 0 Å². The first kappa shape index (κ1) is 10.8. The molecule has 1 saturated heterocycles. The minimum atomic E-state index is -0.112. The van der Waals surface area contributed by atoms with E-state index in [0.717, 1.165) is 5.92 Å². The van der Waals surface area contributed by atoms with Gasteiger partial charge in [0, 0.05) is 17.9 Å². The molecule has 2 fully saturated rings. The molecule has 90 valence electrons. The molecule has 1 atom stereocenters. The highest BCUT2D eigenvalue weighted by atomic mass is 16.2. The lowest BCUT2D eigenvalue weighted by Gasteiger charge is -2.27. The van der Waals surface area contributed by atoms with Crippen molar-refractivity contribution in [3.05, 3.63) is 35.4 Å². The van der Waals surface area contributed by atoms with Gasteiger partial charge in [-0.05, 0) is 43.7 Å². The smallest absolute Gasteiger partial charge is 0.221 e. The summed E-state index contributed by atoms with van der Waals surface area (Å²) in [5.41, 5.74) is 2.66. The van der Waals surface area contributed by atoms with Crippen LogP contribution in [0.15, 0.2) is 24.3 Å². The Morgan fingerprint density at radius 3 is 2.53 bits per heavy atom. The van der Waals surface area contributed by atoms with Gasteiger partial charge in [0.15, 0.2) is 0 Å². The van der Waals surface area contributed by atoms with Crippen LogP contribution < -0.4 is 5.32 Å². The second-order valence-corrected chi connectivity index (χ2v) is 5.97. The molecule has 0 spiro atoms. The van der Waals surface area contributed by atoms with Crippen LogP contribution in [0.4, 0.5) is 0 Å². The zero-order valence-corrected chi connectivity index (χ0v) is 10.5. The van der Waals surface area contributed by atoms with Crippen molar-refractivity contribution in [2.24, 2.45) is 0 Å². The van der Waals surface area contributed by atoms with Crippen LogP contribution in [-0.4, -0.2) is 11.4 Å². The van der Waals surface area contributed by atoms with Crippen molar-refractivity contribution in [3.63, 3.8) is 0 Å². The van der Waals surface area contributed by atoms with Gasteiger partial charge >= 0.3 is 0 Å². The van der Waals surface area contributed by atoms with Crippen molar-refractivity contribution >= 4 is 5.91 Å². The molecular weight excluding hydrogens is 210 g/mol. The van der Waals surface area contributed by atoms with E-state index in [1.807, 2.05) is 0 Å². The third kappa shape index (κ3) is 1.97. The molecule has 1 aliphatic carbocycles. The molecule has 1 aliphatic heterocycles. The summed E-state index contributed by atoms with van der Waals surface area (Å²) in [5.74, 6) is 1.27. The Hall–Kier alpha value is -1.31. The summed E-state index contributed by atoms with van der Waals surface area (Å²) >= 11 is 0. The number of rotatable bonds is 2. The van der Waals surface area contributed by atoms with E-state index in [1.165, 1.54) is 24.0 Å². The lowest BCUT2D eigenvalue weighted by Crippen LogP contribution is -2.38. The van der Waals surface area contributed by atoms with Crippen LogP contribution in [0, 0.1) is 0 Å². The molecule has 1 aromatic carbocycles. The van der Waals surface area contributed by atoms with Crippen LogP contribution in [0.25, 0.3) is 0 Å². The normalized spacial score (nSPS) is 26.9. The van der Waals surface area contributed by atoms with E-state index >= 15 is 0 Å². The van der Waals surface area contributed by atoms with Crippen LogP contribution in [0.5, 0.6) is 0 Å². The molecule has 2 aliphatic rings. The molecule has 0 aromatic heterocycles. The van der Waals surface area contributed by atoms with Crippen molar-refractivity contribution in [2.45, 2.75) is 50.5 Å². The highest BCUT2D eigenvalue weighted by Crippen LogP contribution is 2.42. The van der Waals surface area contributed by atoms with Gasteiger partial charge in [0.25, 0.3) is 0 Å². The van der Waals surface area contributed by atoms with Crippen LogP contribution in [0.3, 0.4) is 0 Å². The standard InChI is InChI=1S/C15H19NO/c1-15(2)13(9-14(17)16-15)12-5-3-4-11(8-12)10-6-7-10/h3-5,8,10,13H,6-7,9H2,1-2H3,(H,16,17). The Labute approximate surface area is 102 Å². The van der Waals surface area contributed by atoms with Gasteiger partial charge in [-0.1, -0.05) is 24.3 Å². The van der Waals surface area contributed by atoms with Crippen molar-refractivity contribution in [3.8, 4) is 0 Å². The van der Waals surface area contributed by atoms with E-state index in [9.17, 15) is 4.79 Å². The molecule has 1 aromatic rings. The first-order valence-electron chi connectivity index (χ1n) is 6.47. The average Bonchev–Trinajstić information content (AvgIpc) is 3.05. The summed E-state index contributed by atoms with van der Waals surface area (Å²) in [4.78, 5) is 11.6. The van der Waals surface area contributed by atoms with E-state index in [0.29, 0.717) is 12.3 Å². The lowest BCUT2D eigenvalue weighted by molar-refractivity contribution is -0.119. The fourth-order valence-corrected chi connectivity index (χ4v) is 2.92. The fraction of sp³-hybridized carbons (Fsp3) is 0.533. The summed E-state index contributed by atoms with van der Waals surface area (Å²) < 4.78 is 0. The predicted molar refractivity (Wildman–Crippen MR) is 68.0 cm³/mol. The Morgan fingerprint density at radius 1 is 1.24 bits per heavy atom. The highest BCUT2D eigenvalue weighted by Gasteiger charge is 2.40. The van der Waals surface area contributed by atoms with Gasteiger partial charge in [-0.15, -0.1) is 0 Å². The minimum Gasteiger partial charge on any atom is -0.351 e. The summed E-state index contributed by atoms with van der Waals surface area (Å²) in [6, 6.07) is 8.84. The third-order valence-corrected chi connectivity index (χ3v) is 4.08. The number of nitrogens with one attached hydrogen (secondary N) is 1. The van der Waals surface area contributed by atoms with Crippen molar-refractivity contribution < 1.29 is 4.79 Å². The molecule has 1 amide bonds. The fourth-order valence-electron chi connectivity index (χ4n) is 2.92. The minimum absolute atomic E-state index is 0.112. The zero-order chi connectivity index (χ0) is 12.0. The molecule has 0 radical (unpaired) electrons. The van der Waals surface area contributed by atoms with Gasteiger partial charge in [0.1, 0.15) is 0 Å². The Kier molecular flexibility index (Phi) is 2.29. The maximum absolute atomic E-state index is 11.6. The van der Waals surface area contributed by atoms with Crippen molar-refractivity contribution in [1.29, 1.82) is 0 Å². The molecule has 1 N–H and O–H groups in total. The van der Waals surface area contributed by atoms with Gasteiger partial charge in [0.05, 0.1) is 0 Å². The number of hydrogen-bond donors (Lipinski definition) is 1. The SMILES string of the molecule is CC1(C)NC(=O)CC1c1cccc(C2CC2)c1. The van der Waals surface area contributed by atoms with Gasteiger partial charge in [-0.3, -0.25) is 4.79 Å². The number of amides is 1. The largest absolute Gasteiger partial charge is 0.351 e. The Morgan fingerprint density at radius 2 is 1.94 bits per heavy atom. The Balaban J connectivity index is 1.92. The maximum Gasteiger partial charge on any atom is 0.221 e. The first-order chi connectivity index (χ1) is 8.06. The van der Waals surface area contributed by atoms with E-state index in [2.05, 4.69) is 43.4 Å².